The first-order valence-electron chi connectivity index (χ1n) is 9.17. The quantitative estimate of drug-likeness (QED) is 0.227. The number of ether oxygens (including phenoxy) is 1. The van der Waals surface area contributed by atoms with Crippen molar-refractivity contribution in [1.82, 2.24) is 5.32 Å². The second kappa shape index (κ2) is 11.4. The van der Waals surface area contributed by atoms with E-state index in [1.807, 2.05) is 67.8 Å². The van der Waals surface area contributed by atoms with Gasteiger partial charge >= 0.3 is 0 Å². The van der Waals surface area contributed by atoms with Gasteiger partial charge in [-0.3, -0.25) is 14.4 Å². The van der Waals surface area contributed by atoms with E-state index in [9.17, 15) is 34.8 Å². The molecule has 178 valence electrons. The summed E-state index contributed by atoms with van der Waals surface area (Å²) in [5, 5.41) is 45.0. The van der Waals surface area contributed by atoms with Crippen molar-refractivity contribution in [3.05, 3.63) is 16.3 Å². The van der Waals surface area contributed by atoms with E-state index in [0.29, 0.717) is 22.1 Å². The molecule has 1 aromatic carbocycles. The zero-order valence-corrected chi connectivity index (χ0v) is 23.6. The van der Waals surface area contributed by atoms with Crippen molar-refractivity contribution in [2.24, 2.45) is 0 Å². The highest BCUT2D eigenvalue weighted by atomic mass is 127. The molecule has 5 atom stereocenters. The molecule has 32 heavy (non-hydrogen) atoms. The maximum atomic E-state index is 13.2. The van der Waals surface area contributed by atoms with Crippen molar-refractivity contribution >= 4 is 96.9 Å². The summed E-state index contributed by atoms with van der Waals surface area (Å²) in [7, 11) is 1.53. The highest BCUT2D eigenvalue weighted by Crippen LogP contribution is 2.40. The lowest BCUT2D eigenvalue weighted by molar-refractivity contribution is -0.252. The zero-order valence-electron chi connectivity index (χ0n) is 17.1. The average Bonchev–Trinajstić information content (AvgIpc) is 2.70. The van der Waals surface area contributed by atoms with Gasteiger partial charge < -0.3 is 40.7 Å². The van der Waals surface area contributed by atoms with Crippen molar-refractivity contribution in [2.45, 2.75) is 44.5 Å². The number of hydrogen-bond acceptors (Lipinski definition) is 8. The smallest absolute Gasteiger partial charge is 0.254 e. The van der Waals surface area contributed by atoms with Crippen molar-refractivity contribution in [2.75, 3.05) is 23.9 Å². The van der Waals surface area contributed by atoms with E-state index in [4.69, 9.17) is 4.74 Å². The normalized spacial score (nSPS) is 25.2. The summed E-state index contributed by atoms with van der Waals surface area (Å²) in [4.78, 5) is 38.4. The van der Waals surface area contributed by atoms with E-state index >= 15 is 0 Å². The zero-order chi connectivity index (χ0) is 24.5. The highest BCUT2D eigenvalue weighted by Gasteiger charge is 2.44. The summed E-state index contributed by atoms with van der Waals surface area (Å²) in [6.07, 6.45) is -6.07. The number of carbonyl (C=O) groups is 3. The van der Waals surface area contributed by atoms with Crippen LogP contribution in [0.2, 0.25) is 0 Å². The van der Waals surface area contributed by atoms with Crippen LogP contribution in [0, 0.1) is 10.7 Å². The second-order valence-corrected chi connectivity index (χ2v) is 10.3. The maximum Gasteiger partial charge on any atom is 0.254 e. The molecule has 14 heteroatoms. The number of nitrogens with one attached hydrogen (secondary N) is 2. The van der Waals surface area contributed by atoms with Gasteiger partial charge in [-0.2, -0.15) is 0 Å². The van der Waals surface area contributed by atoms with Gasteiger partial charge in [-0.1, -0.05) is 0 Å². The molecular formula is C18H22I3N3O8. The third-order valence-electron chi connectivity index (χ3n) is 4.83. The Kier molecular flexibility index (Phi) is 9.89. The molecule has 11 nitrogen and oxygen atoms in total. The number of benzene rings is 1. The number of aliphatic hydroxyl groups excluding tert-OH is 4. The van der Waals surface area contributed by atoms with Crippen LogP contribution < -0.4 is 15.5 Å². The summed E-state index contributed by atoms with van der Waals surface area (Å²) in [5.74, 6) is -1.41. The van der Waals surface area contributed by atoms with Crippen LogP contribution in [0.4, 0.5) is 11.4 Å². The molecule has 1 saturated heterocycles. The lowest BCUT2D eigenvalue weighted by Crippen LogP contribution is -2.64. The summed E-state index contributed by atoms with van der Waals surface area (Å²) in [6.45, 7) is 2.03. The van der Waals surface area contributed by atoms with Crippen LogP contribution in [0.5, 0.6) is 0 Å². The average molecular weight is 789 g/mol. The molecular weight excluding hydrogens is 767 g/mol. The molecule has 0 bridgehead atoms. The van der Waals surface area contributed by atoms with E-state index < -0.39 is 43.2 Å². The maximum absolute atomic E-state index is 13.2. The fourth-order valence-electron chi connectivity index (χ4n) is 3.06. The van der Waals surface area contributed by atoms with Gasteiger partial charge in [0.15, 0.2) is 6.29 Å². The van der Waals surface area contributed by atoms with Gasteiger partial charge in [0, 0.05) is 20.9 Å². The van der Waals surface area contributed by atoms with Gasteiger partial charge in [-0.05, 0) is 67.8 Å². The molecule has 1 aliphatic rings. The Labute approximate surface area is 224 Å². The lowest BCUT2D eigenvalue weighted by Gasteiger charge is -2.40. The summed E-state index contributed by atoms with van der Waals surface area (Å²) in [5.41, 5.74) is 0.819. The molecule has 0 spiro atoms. The molecule has 2 rings (SSSR count). The molecule has 1 fully saturated rings. The molecule has 0 saturated carbocycles. The van der Waals surface area contributed by atoms with Crippen LogP contribution in [-0.2, 0) is 14.3 Å². The van der Waals surface area contributed by atoms with Gasteiger partial charge in [-0.25, -0.2) is 0 Å². The fraction of sp³-hybridized carbons (Fsp3) is 0.500. The number of anilines is 2. The molecule has 3 amide bonds. The standard InChI is InChI=1S/C18H22I3N3O8/c1-5(26)22-12-9(19)8(10(20)14(11(12)21)24(3)6(2)27)17(30)23-13-16(29)15(28)7(4-25)32-18(13)31/h7,13,15-16,18,25,28-29,31H,4H2,1-3H3,(H,22,26)(H,23,30)/t7?,13-,15+,16?,18?/m1/s1. The van der Waals surface area contributed by atoms with Gasteiger partial charge in [0.05, 0.1) is 34.3 Å². The Morgan fingerprint density at radius 1 is 1.03 bits per heavy atom. The minimum atomic E-state index is -1.69. The van der Waals surface area contributed by atoms with Crippen LogP contribution >= 0.6 is 67.8 Å². The number of aliphatic hydroxyl groups is 4. The Hall–Kier alpha value is -0.380. The van der Waals surface area contributed by atoms with Crippen LogP contribution in [0.15, 0.2) is 0 Å². The van der Waals surface area contributed by atoms with Gasteiger partial charge in [-0.15, -0.1) is 0 Å². The van der Waals surface area contributed by atoms with E-state index in [-0.39, 0.29) is 17.4 Å². The van der Waals surface area contributed by atoms with Crippen molar-refractivity contribution in [3.63, 3.8) is 0 Å². The number of nitrogens with zero attached hydrogens (tertiary/aromatic N) is 1. The van der Waals surface area contributed by atoms with Crippen LogP contribution in [0.3, 0.4) is 0 Å². The predicted molar refractivity (Wildman–Crippen MR) is 139 cm³/mol. The summed E-state index contributed by atoms with van der Waals surface area (Å²) >= 11 is 5.78. The van der Waals surface area contributed by atoms with Crippen molar-refractivity contribution < 1.29 is 39.5 Å². The van der Waals surface area contributed by atoms with Gasteiger partial charge in [0.2, 0.25) is 11.8 Å². The number of halogens is 3. The third-order valence-corrected chi connectivity index (χ3v) is 8.01. The van der Waals surface area contributed by atoms with Crippen molar-refractivity contribution in [1.29, 1.82) is 0 Å². The topological polar surface area (TPSA) is 169 Å². The van der Waals surface area contributed by atoms with E-state index in [1.54, 1.807) is 0 Å². The highest BCUT2D eigenvalue weighted by molar-refractivity contribution is 14.1. The van der Waals surface area contributed by atoms with E-state index in [2.05, 4.69) is 10.6 Å². The molecule has 0 radical (unpaired) electrons. The van der Waals surface area contributed by atoms with E-state index in [0.717, 1.165) is 0 Å². The Bertz CT molecular complexity index is 931. The Balaban J connectivity index is 2.56. The number of hydrogen-bond donors (Lipinski definition) is 6. The van der Waals surface area contributed by atoms with Crippen LogP contribution in [0.1, 0.15) is 24.2 Å². The molecule has 0 aliphatic carbocycles. The molecule has 0 aromatic heterocycles. The third kappa shape index (κ3) is 5.63. The SMILES string of the molecule is CC(=O)Nc1c(I)c(C(=O)N[C@H]2C(O)OC(CO)[C@H](O)C2O)c(I)c(N(C)C(C)=O)c1I. The van der Waals surface area contributed by atoms with E-state index in [1.165, 1.54) is 25.8 Å². The second-order valence-electron chi connectivity index (χ2n) is 7.03. The van der Waals surface area contributed by atoms with Crippen LogP contribution in [-0.4, -0.2) is 82.4 Å². The minimum absolute atomic E-state index is 0.0941. The largest absolute Gasteiger partial charge is 0.394 e. The molecule has 6 N–H and O–H groups in total. The molecule has 1 aliphatic heterocycles. The molecule has 1 heterocycles. The first kappa shape index (κ1) is 27.9. The molecule has 3 unspecified atom stereocenters. The Morgan fingerprint density at radius 3 is 2.12 bits per heavy atom. The number of amides is 3. The first-order chi connectivity index (χ1) is 14.8. The minimum Gasteiger partial charge on any atom is -0.394 e. The first-order valence-corrected chi connectivity index (χ1v) is 12.4. The summed E-state index contributed by atoms with van der Waals surface area (Å²) in [6, 6.07) is -1.40. The number of carbonyl (C=O) groups excluding carboxylic acids is 3. The molecule has 1 aromatic rings. The fourth-order valence-corrected chi connectivity index (χ4v) is 7.71. The van der Waals surface area contributed by atoms with Gasteiger partial charge in [0.1, 0.15) is 24.4 Å². The van der Waals surface area contributed by atoms with Gasteiger partial charge in [0.25, 0.3) is 5.91 Å². The monoisotopic (exact) mass is 789 g/mol. The number of rotatable bonds is 5. The van der Waals surface area contributed by atoms with Crippen LogP contribution in [0.25, 0.3) is 0 Å². The van der Waals surface area contributed by atoms with Crippen molar-refractivity contribution in [3.8, 4) is 0 Å². The lowest BCUT2D eigenvalue weighted by atomic mass is 9.96. The predicted octanol–water partition coefficient (Wildman–Crippen LogP) is -0.0288. The Morgan fingerprint density at radius 2 is 1.62 bits per heavy atom. The summed E-state index contributed by atoms with van der Waals surface area (Å²) < 4.78 is 6.40.